The fourth-order valence-corrected chi connectivity index (χ4v) is 4.00. The Morgan fingerprint density at radius 2 is 1.65 bits per heavy atom. The summed E-state index contributed by atoms with van der Waals surface area (Å²) in [6.45, 7) is 3.36. The number of ketones is 1. The van der Waals surface area contributed by atoms with Crippen LogP contribution in [0, 0.1) is 6.92 Å². The lowest BCUT2D eigenvalue weighted by Crippen LogP contribution is -2.18. The highest BCUT2D eigenvalue weighted by Gasteiger charge is 2.28. The van der Waals surface area contributed by atoms with Crippen LogP contribution in [0.1, 0.15) is 18.1 Å². The van der Waals surface area contributed by atoms with Crippen LogP contribution in [0.3, 0.4) is 0 Å². The lowest BCUT2D eigenvalue weighted by atomic mass is 10.0. The zero-order valence-corrected chi connectivity index (χ0v) is 17.4. The van der Waals surface area contributed by atoms with E-state index >= 15 is 0 Å². The molecule has 0 fully saturated rings. The van der Waals surface area contributed by atoms with Gasteiger partial charge in [0.25, 0.3) is 15.9 Å². The second-order valence-corrected chi connectivity index (χ2v) is 8.60. The highest BCUT2D eigenvalue weighted by atomic mass is 32.2. The number of anilines is 1. The molecule has 31 heavy (non-hydrogen) atoms. The number of benzene rings is 2. The zero-order valence-electron chi connectivity index (χ0n) is 16.6. The summed E-state index contributed by atoms with van der Waals surface area (Å²) in [5.74, 6) is -1.18. The number of rotatable bonds is 4. The number of carbonyl (C=O) groups is 2. The number of Topliss-reactive ketones (excluding diaryl/α,β-unsaturated/α-hetero) is 1. The molecule has 0 atom stereocenters. The second kappa shape index (κ2) is 7.77. The topological polar surface area (TPSA) is 114 Å². The maximum atomic E-state index is 12.6. The van der Waals surface area contributed by atoms with Crippen LogP contribution in [-0.2, 0) is 24.4 Å². The third kappa shape index (κ3) is 4.08. The monoisotopic (exact) mass is 435 g/mol. The van der Waals surface area contributed by atoms with Crippen LogP contribution >= 0.6 is 0 Å². The van der Waals surface area contributed by atoms with E-state index in [9.17, 15) is 18.0 Å². The molecule has 0 aromatic heterocycles. The summed E-state index contributed by atoms with van der Waals surface area (Å²) in [6.07, 6.45) is 2.54. The highest BCUT2D eigenvalue weighted by molar-refractivity contribution is 7.90. The van der Waals surface area contributed by atoms with E-state index in [4.69, 9.17) is 4.84 Å². The number of para-hydroxylation sites is 1. The summed E-state index contributed by atoms with van der Waals surface area (Å²) in [5, 5.41) is 6.49. The fourth-order valence-electron chi connectivity index (χ4n) is 3.03. The number of nitrogens with zero attached hydrogens (tertiary/aromatic N) is 2. The minimum atomic E-state index is -3.99. The Kier molecular flexibility index (Phi) is 5.12. The van der Waals surface area contributed by atoms with Gasteiger partial charge in [-0.2, -0.15) is 12.8 Å². The van der Waals surface area contributed by atoms with E-state index in [0.717, 1.165) is 5.56 Å². The summed E-state index contributed by atoms with van der Waals surface area (Å²) in [7, 11) is -3.99. The largest absolute Gasteiger partial charge is 0.352 e. The highest BCUT2D eigenvalue weighted by Crippen LogP contribution is 2.24. The van der Waals surface area contributed by atoms with Crippen molar-refractivity contribution in [1.82, 2.24) is 0 Å². The van der Waals surface area contributed by atoms with Crippen molar-refractivity contribution in [3.8, 4) is 0 Å². The van der Waals surface area contributed by atoms with Crippen molar-refractivity contribution >= 4 is 38.8 Å². The van der Waals surface area contributed by atoms with Crippen LogP contribution in [0.5, 0.6) is 0 Å². The number of sulfonamides is 1. The third-order valence-corrected chi connectivity index (χ3v) is 5.97. The normalized spacial score (nSPS) is 18.5. The number of allylic oxidation sites excluding steroid dienone is 3. The Balaban J connectivity index is 1.66. The zero-order chi connectivity index (χ0) is 22.2. The van der Waals surface area contributed by atoms with Crippen LogP contribution in [0.2, 0.25) is 0 Å². The van der Waals surface area contributed by atoms with E-state index in [1.807, 2.05) is 6.92 Å². The van der Waals surface area contributed by atoms with Gasteiger partial charge in [-0.05, 0) is 38.1 Å². The molecule has 0 unspecified atom stereocenters. The molecule has 4 rings (SSSR count). The van der Waals surface area contributed by atoms with Crippen molar-refractivity contribution in [2.45, 2.75) is 18.7 Å². The van der Waals surface area contributed by atoms with Crippen molar-refractivity contribution in [2.75, 3.05) is 5.32 Å². The van der Waals surface area contributed by atoms with Crippen molar-refractivity contribution < 1.29 is 22.8 Å². The van der Waals surface area contributed by atoms with Gasteiger partial charge in [0.2, 0.25) is 11.5 Å². The molecule has 1 N–H and O–H groups in total. The van der Waals surface area contributed by atoms with Gasteiger partial charge >= 0.3 is 0 Å². The van der Waals surface area contributed by atoms with E-state index in [-0.39, 0.29) is 27.7 Å². The molecule has 1 aliphatic carbocycles. The molecule has 156 valence electrons. The molecule has 1 aliphatic heterocycles. The van der Waals surface area contributed by atoms with Gasteiger partial charge in [0.15, 0.2) is 5.71 Å². The van der Waals surface area contributed by atoms with Gasteiger partial charge in [-0.15, -0.1) is 0 Å². The van der Waals surface area contributed by atoms with Gasteiger partial charge in [0, 0.05) is 17.2 Å². The van der Waals surface area contributed by atoms with Gasteiger partial charge in [0.1, 0.15) is 0 Å². The third-order valence-electron chi connectivity index (χ3n) is 4.65. The van der Waals surface area contributed by atoms with Crippen LogP contribution in [-0.4, -0.2) is 31.5 Å². The molecule has 2 aromatic rings. The molecule has 1 heterocycles. The van der Waals surface area contributed by atoms with E-state index in [1.54, 1.807) is 36.4 Å². The number of hydrogen-bond acceptors (Lipinski definition) is 6. The lowest BCUT2D eigenvalue weighted by Gasteiger charge is -2.10. The van der Waals surface area contributed by atoms with E-state index in [1.165, 1.54) is 31.2 Å². The van der Waals surface area contributed by atoms with Crippen molar-refractivity contribution in [3.63, 3.8) is 0 Å². The minimum Gasteiger partial charge on any atom is -0.352 e. The molecule has 0 saturated heterocycles. The van der Waals surface area contributed by atoms with Crippen LogP contribution in [0.15, 0.2) is 86.5 Å². The molecule has 2 aromatic carbocycles. The van der Waals surface area contributed by atoms with Crippen molar-refractivity contribution in [1.29, 1.82) is 0 Å². The number of oxime groups is 1. The first-order valence-electron chi connectivity index (χ1n) is 9.27. The maximum Gasteiger partial charge on any atom is 0.282 e. The molecule has 0 spiro atoms. The summed E-state index contributed by atoms with van der Waals surface area (Å²) in [5.41, 5.74) is 2.30. The van der Waals surface area contributed by atoms with Crippen LogP contribution in [0.4, 0.5) is 5.69 Å². The Bertz CT molecular complexity index is 1330. The van der Waals surface area contributed by atoms with E-state index in [2.05, 4.69) is 14.9 Å². The van der Waals surface area contributed by atoms with Gasteiger partial charge in [0.05, 0.1) is 16.3 Å². The standard InChI is InChI=1S/C22H17N3O5S/c1-13-7-9-16(10-8-13)31(28,29)25-15-11-14(2)21(26)19(12-15)30-24-20-17-5-3-4-6-18(17)23-22(20)27/h3-12H,1-2H3,(H,23,24,27). The molecule has 9 heteroatoms. The SMILES string of the molecule is CC1=CC(=NS(=O)(=O)c2ccc(C)cc2)C=C(O/N=C2\C(=O)Nc3ccccc32)C1=O. The number of nitrogens with one attached hydrogen (secondary N) is 1. The molecular formula is C22H17N3O5S. The smallest absolute Gasteiger partial charge is 0.282 e. The van der Waals surface area contributed by atoms with E-state index < -0.39 is 21.7 Å². The number of fused-ring (bicyclic) bond motifs is 1. The first-order valence-corrected chi connectivity index (χ1v) is 10.7. The average Bonchev–Trinajstić information content (AvgIpc) is 3.04. The Hall–Kier alpha value is -3.85. The predicted molar refractivity (Wildman–Crippen MR) is 115 cm³/mol. The fraction of sp³-hybridized carbons (Fsp3) is 0.0909. The van der Waals surface area contributed by atoms with Crippen LogP contribution < -0.4 is 5.32 Å². The Morgan fingerprint density at radius 3 is 2.39 bits per heavy atom. The quantitative estimate of drug-likeness (QED) is 0.586. The Morgan fingerprint density at radius 1 is 0.935 bits per heavy atom. The molecule has 0 saturated carbocycles. The summed E-state index contributed by atoms with van der Waals surface area (Å²) in [4.78, 5) is 29.9. The van der Waals surface area contributed by atoms with Crippen molar-refractivity contribution in [3.05, 3.63) is 83.1 Å². The average molecular weight is 435 g/mol. The molecular weight excluding hydrogens is 418 g/mol. The van der Waals surface area contributed by atoms with Crippen LogP contribution in [0.25, 0.3) is 0 Å². The molecule has 8 nitrogen and oxygen atoms in total. The number of carbonyl (C=O) groups excluding carboxylic acids is 2. The van der Waals surface area contributed by atoms with Gasteiger partial charge in [-0.25, -0.2) is 0 Å². The van der Waals surface area contributed by atoms with Gasteiger partial charge in [-0.1, -0.05) is 41.1 Å². The first kappa shape index (κ1) is 20.4. The predicted octanol–water partition coefficient (Wildman–Crippen LogP) is 2.91. The summed E-state index contributed by atoms with van der Waals surface area (Å²) >= 11 is 0. The first-order chi connectivity index (χ1) is 14.7. The molecule has 0 radical (unpaired) electrons. The lowest BCUT2D eigenvalue weighted by molar-refractivity contribution is -0.115. The number of amides is 1. The Labute approximate surface area is 178 Å². The van der Waals surface area contributed by atoms with E-state index in [0.29, 0.717) is 11.3 Å². The number of hydrogen-bond donors (Lipinski definition) is 1. The second-order valence-electron chi connectivity index (χ2n) is 7.00. The minimum absolute atomic E-state index is 0.0160. The van der Waals surface area contributed by atoms with Crippen molar-refractivity contribution in [2.24, 2.45) is 9.55 Å². The summed E-state index contributed by atoms with van der Waals surface area (Å²) in [6, 6.07) is 13.2. The number of aryl methyl sites for hydroxylation is 1. The molecule has 2 aliphatic rings. The summed E-state index contributed by atoms with van der Waals surface area (Å²) < 4.78 is 29.0. The molecule has 1 amide bonds. The maximum absolute atomic E-state index is 12.6. The molecule has 0 bridgehead atoms. The van der Waals surface area contributed by atoms with Gasteiger partial charge in [-0.3, -0.25) is 9.59 Å². The van der Waals surface area contributed by atoms with Gasteiger partial charge < -0.3 is 10.2 Å².